The van der Waals surface area contributed by atoms with Gasteiger partial charge in [-0.1, -0.05) is 12.1 Å². The van der Waals surface area contributed by atoms with Crippen LogP contribution in [0, 0.1) is 5.92 Å². The van der Waals surface area contributed by atoms with Gasteiger partial charge in [0.25, 0.3) is 10.0 Å². The van der Waals surface area contributed by atoms with Crippen LogP contribution >= 0.6 is 12.4 Å². The molecule has 1 aliphatic heterocycles. The van der Waals surface area contributed by atoms with Crippen LogP contribution in [0.1, 0.15) is 12.8 Å². The van der Waals surface area contributed by atoms with Crippen LogP contribution in [0.15, 0.2) is 53.4 Å². The molecular weight excluding hydrogens is 414 g/mol. The van der Waals surface area contributed by atoms with Gasteiger partial charge in [-0.25, -0.2) is 8.42 Å². The summed E-state index contributed by atoms with van der Waals surface area (Å²) in [4.78, 5) is 14.9. The summed E-state index contributed by atoms with van der Waals surface area (Å²) in [7, 11) is -0.280. The maximum absolute atomic E-state index is 12.7. The summed E-state index contributed by atoms with van der Waals surface area (Å²) in [5, 5.41) is 2.88. The highest BCUT2D eigenvalue weighted by Gasteiger charge is 2.25. The lowest BCUT2D eigenvalue weighted by Gasteiger charge is -2.29. The Bertz CT molecular complexity index is 935. The Hall–Kier alpha value is -2.29. The Kier molecular flexibility index (Phi) is 7.89. The number of carbonyl (C=O) groups is 1. The molecule has 1 fully saturated rings. The molecule has 29 heavy (non-hydrogen) atoms. The average molecular weight is 440 g/mol. The number of likely N-dealkylation sites (tertiary alicyclic amines) is 1. The lowest BCUT2D eigenvalue weighted by Crippen LogP contribution is -2.38. The molecule has 0 aromatic heterocycles. The molecule has 1 unspecified atom stereocenters. The largest absolute Gasteiger partial charge is 0.497 e. The molecule has 3 rings (SSSR count). The van der Waals surface area contributed by atoms with Crippen LogP contribution in [0.4, 0.5) is 11.4 Å². The molecule has 0 saturated carbocycles. The molecule has 2 N–H and O–H groups in total. The fourth-order valence-corrected chi connectivity index (χ4v) is 4.33. The van der Waals surface area contributed by atoms with Gasteiger partial charge in [-0.15, -0.1) is 12.4 Å². The van der Waals surface area contributed by atoms with Gasteiger partial charge in [0.1, 0.15) is 5.75 Å². The van der Waals surface area contributed by atoms with Crippen molar-refractivity contribution in [2.45, 2.75) is 17.7 Å². The Balaban J connectivity index is 0.00000300. The normalized spacial score (nSPS) is 17.1. The maximum atomic E-state index is 12.7. The van der Waals surface area contributed by atoms with E-state index in [-0.39, 0.29) is 29.1 Å². The van der Waals surface area contributed by atoms with Crippen molar-refractivity contribution in [1.29, 1.82) is 0 Å². The minimum Gasteiger partial charge on any atom is -0.497 e. The standard InChI is InChI=1S/C20H25N3O4S.ClH/c1-23-13-5-6-15(14-23)20(24)21-18-7-3-4-8-19(18)22-28(25,26)17-11-9-16(27-2)10-12-17;/h3-4,7-12,15,22H,5-6,13-14H2,1-2H3,(H,21,24);1H. The van der Waals surface area contributed by atoms with Crippen LogP contribution < -0.4 is 14.8 Å². The molecule has 9 heteroatoms. The number of halogens is 1. The van der Waals surface area contributed by atoms with Crippen LogP contribution in [0.2, 0.25) is 0 Å². The molecule has 0 radical (unpaired) electrons. The fourth-order valence-electron chi connectivity index (χ4n) is 3.25. The van der Waals surface area contributed by atoms with Crippen molar-refractivity contribution in [1.82, 2.24) is 4.90 Å². The van der Waals surface area contributed by atoms with E-state index in [0.717, 1.165) is 19.4 Å². The molecule has 1 aliphatic rings. The fraction of sp³-hybridized carbons (Fsp3) is 0.350. The molecule has 1 heterocycles. The van der Waals surface area contributed by atoms with Gasteiger partial charge >= 0.3 is 0 Å². The van der Waals surface area contributed by atoms with Gasteiger partial charge in [-0.3, -0.25) is 9.52 Å². The van der Waals surface area contributed by atoms with Crippen molar-refractivity contribution in [3.63, 3.8) is 0 Å². The second-order valence-corrected chi connectivity index (χ2v) is 8.60. The third-order valence-corrected chi connectivity index (χ3v) is 6.18. The third-order valence-electron chi connectivity index (χ3n) is 4.79. The van der Waals surface area contributed by atoms with E-state index in [4.69, 9.17) is 4.74 Å². The number of nitrogens with one attached hydrogen (secondary N) is 2. The second kappa shape index (κ2) is 9.96. The number of hydrogen-bond acceptors (Lipinski definition) is 5. The van der Waals surface area contributed by atoms with E-state index in [0.29, 0.717) is 23.7 Å². The Morgan fingerprint density at radius 1 is 1.10 bits per heavy atom. The summed E-state index contributed by atoms with van der Waals surface area (Å²) >= 11 is 0. The number of sulfonamides is 1. The first-order chi connectivity index (χ1) is 13.4. The Morgan fingerprint density at radius 3 is 2.38 bits per heavy atom. The molecule has 1 saturated heterocycles. The van der Waals surface area contributed by atoms with E-state index >= 15 is 0 Å². The van der Waals surface area contributed by atoms with Crippen molar-refractivity contribution in [3.05, 3.63) is 48.5 Å². The molecule has 1 atom stereocenters. The van der Waals surface area contributed by atoms with E-state index in [2.05, 4.69) is 14.9 Å². The smallest absolute Gasteiger partial charge is 0.261 e. The summed E-state index contributed by atoms with van der Waals surface area (Å²) in [6, 6.07) is 12.9. The highest BCUT2D eigenvalue weighted by molar-refractivity contribution is 7.92. The lowest BCUT2D eigenvalue weighted by molar-refractivity contribution is -0.121. The lowest BCUT2D eigenvalue weighted by atomic mass is 9.97. The monoisotopic (exact) mass is 439 g/mol. The average Bonchev–Trinajstić information content (AvgIpc) is 2.69. The molecule has 2 aromatic carbocycles. The highest BCUT2D eigenvalue weighted by atomic mass is 35.5. The number of anilines is 2. The molecule has 2 aromatic rings. The summed E-state index contributed by atoms with van der Waals surface area (Å²) in [5.41, 5.74) is 0.772. The second-order valence-electron chi connectivity index (χ2n) is 6.92. The van der Waals surface area contributed by atoms with Gasteiger partial charge in [0.15, 0.2) is 0 Å². The number of rotatable bonds is 6. The van der Waals surface area contributed by atoms with Gasteiger partial charge < -0.3 is 15.0 Å². The molecule has 7 nitrogen and oxygen atoms in total. The van der Waals surface area contributed by atoms with Crippen molar-refractivity contribution in [3.8, 4) is 5.75 Å². The van der Waals surface area contributed by atoms with Crippen LogP contribution in [0.25, 0.3) is 0 Å². The number of amides is 1. The first-order valence-electron chi connectivity index (χ1n) is 9.14. The summed E-state index contributed by atoms with van der Waals surface area (Å²) in [6.07, 6.45) is 1.80. The molecule has 0 spiro atoms. The first kappa shape index (κ1) is 23.0. The minimum atomic E-state index is -3.80. The zero-order valence-electron chi connectivity index (χ0n) is 16.4. The van der Waals surface area contributed by atoms with Gasteiger partial charge in [0.2, 0.25) is 5.91 Å². The van der Waals surface area contributed by atoms with Crippen molar-refractivity contribution in [2.75, 3.05) is 37.3 Å². The van der Waals surface area contributed by atoms with E-state index in [9.17, 15) is 13.2 Å². The van der Waals surface area contributed by atoms with Gasteiger partial charge in [0, 0.05) is 6.54 Å². The van der Waals surface area contributed by atoms with Crippen LogP contribution in [-0.2, 0) is 14.8 Å². The topological polar surface area (TPSA) is 87.7 Å². The summed E-state index contributed by atoms with van der Waals surface area (Å²) in [6.45, 7) is 1.69. The number of piperidine rings is 1. The van der Waals surface area contributed by atoms with Crippen molar-refractivity contribution < 1.29 is 17.9 Å². The highest BCUT2D eigenvalue weighted by Crippen LogP contribution is 2.26. The number of benzene rings is 2. The minimum absolute atomic E-state index is 0. The van der Waals surface area contributed by atoms with E-state index in [1.807, 2.05) is 7.05 Å². The maximum Gasteiger partial charge on any atom is 0.261 e. The molecule has 0 bridgehead atoms. The predicted molar refractivity (Wildman–Crippen MR) is 116 cm³/mol. The molecule has 1 amide bonds. The third kappa shape index (κ3) is 5.85. The van der Waals surface area contributed by atoms with E-state index in [1.54, 1.807) is 36.4 Å². The number of carbonyl (C=O) groups excluding carboxylic acids is 1. The summed E-state index contributed by atoms with van der Waals surface area (Å²) in [5.74, 6) is 0.372. The number of methoxy groups -OCH3 is 1. The van der Waals surface area contributed by atoms with Crippen molar-refractivity contribution in [2.24, 2.45) is 5.92 Å². The first-order valence-corrected chi connectivity index (χ1v) is 10.6. The van der Waals surface area contributed by atoms with E-state index < -0.39 is 10.0 Å². The Morgan fingerprint density at radius 2 is 1.76 bits per heavy atom. The van der Waals surface area contributed by atoms with Crippen LogP contribution in [0.5, 0.6) is 5.75 Å². The van der Waals surface area contributed by atoms with Crippen molar-refractivity contribution >= 4 is 39.7 Å². The van der Waals surface area contributed by atoms with Crippen LogP contribution in [0.3, 0.4) is 0 Å². The van der Waals surface area contributed by atoms with Gasteiger partial charge in [-0.05, 0) is 62.8 Å². The predicted octanol–water partition coefficient (Wildman–Crippen LogP) is 3.20. The number of hydrogen-bond donors (Lipinski definition) is 2. The SMILES string of the molecule is COc1ccc(S(=O)(=O)Nc2ccccc2NC(=O)C2CCCN(C)C2)cc1.Cl. The van der Waals surface area contributed by atoms with Gasteiger partial charge in [0.05, 0.1) is 29.3 Å². The molecular formula is C20H26ClN3O4S. The number of para-hydroxylation sites is 2. The summed E-state index contributed by atoms with van der Waals surface area (Å²) < 4.78 is 33.1. The number of ether oxygens (including phenoxy) is 1. The molecule has 158 valence electrons. The quantitative estimate of drug-likeness (QED) is 0.721. The zero-order valence-corrected chi connectivity index (χ0v) is 18.1. The Labute approximate surface area is 177 Å². The van der Waals surface area contributed by atoms with E-state index in [1.165, 1.54) is 19.2 Å². The van der Waals surface area contributed by atoms with Gasteiger partial charge in [-0.2, -0.15) is 0 Å². The van der Waals surface area contributed by atoms with Crippen LogP contribution in [-0.4, -0.2) is 46.5 Å². The molecule has 0 aliphatic carbocycles. The number of nitrogens with zero attached hydrogens (tertiary/aromatic N) is 1. The zero-order chi connectivity index (χ0) is 20.1.